The summed E-state index contributed by atoms with van der Waals surface area (Å²) in [6.45, 7) is 6.49. The van der Waals surface area contributed by atoms with E-state index in [1.54, 1.807) is 6.07 Å². The molecule has 1 N–H and O–H groups in total. The van der Waals surface area contributed by atoms with Gasteiger partial charge in [0, 0.05) is 28.8 Å². The number of hydrogen-bond acceptors (Lipinski definition) is 2. The van der Waals surface area contributed by atoms with Gasteiger partial charge in [-0.05, 0) is 60.4 Å². The van der Waals surface area contributed by atoms with Crippen molar-refractivity contribution in [2.75, 3.05) is 5.32 Å². The minimum atomic E-state index is -0.697. The van der Waals surface area contributed by atoms with E-state index in [9.17, 15) is 13.2 Å². The number of nitrogens with one attached hydrogen (secondary N) is 1. The van der Waals surface area contributed by atoms with Gasteiger partial charge in [-0.2, -0.15) is 0 Å². The molecule has 0 saturated carbocycles. The fourth-order valence-corrected chi connectivity index (χ4v) is 4.91. The molecule has 0 spiro atoms. The first kappa shape index (κ1) is 19.7. The predicted octanol–water partition coefficient (Wildman–Crippen LogP) is 7.05. The quantitative estimate of drug-likeness (QED) is 0.454. The zero-order valence-corrected chi connectivity index (χ0v) is 17.5. The van der Waals surface area contributed by atoms with Crippen LogP contribution in [0.25, 0.3) is 17.2 Å². The summed E-state index contributed by atoms with van der Waals surface area (Å²) in [5, 5.41) is 3.58. The molecule has 2 nitrogen and oxygen atoms in total. The van der Waals surface area contributed by atoms with Gasteiger partial charge in [0.1, 0.15) is 18.2 Å². The van der Waals surface area contributed by atoms with Crippen molar-refractivity contribution < 1.29 is 17.9 Å². The van der Waals surface area contributed by atoms with Gasteiger partial charge in [-0.1, -0.05) is 31.2 Å². The fourth-order valence-electron chi connectivity index (χ4n) is 4.91. The number of rotatable bonds is 1. The van der Waals surface area contributed by atoms with Crippen LogP contribution in [0.4, 0.5) is 18.9 Å². The molecule has 0 fully saturated rings. The number of benzene rings is 3. The first-order valence-electron chi connectivity index (χ1n) is 10.3. The highest BCUT2D eigenvalue weighted by Crippen LogP contribution is 2.50. The van der Waals surface area contributed by atoms with Crippen molar-refractivity contribution in [1.82, 2.24) is 0 Å². The zero-order chi connectivity index (χ0) is 21.9. The second-order valence-electron chi connectivity index (χ2n) is 8.73. The van der Waals surface area contributed by atoms with Crippen LogP contribution in [0, 0.1) is 17.5 Å². The molecule has 3 aromatic carbocycles. The molecular weight excluding hydrogens is 399 g/mol. The van der Waals surface area contributed by atoms with Crippen LogP contribution in [0.3, 0.4) is 0 Å². The van der Waals surface area contributed by atoms with Crippen molar-refractivity contribution in [3.05, 3.63) is 88.2 Å². The molecule has 2 heterocycles. The number of hydrogen-bond donors (Lipinski definition) is 1. The lowest BCUT2D eigenvalue weighted by Gasteiger charge is -2.42. The van der Waals surface area contributed by atoms with Crippen LogP contribution in [0.1, 0.15) is 43.4 Å². The van der Waals surface area contributed by atoms with Gasteiger partial charge in [0.25, 0.3) is 0 Å². The first-order chi connectivity index (χ1) is 14.7. The minimum absolute atomic E-state index is 0.00646. The van der Waals surface area contributed by atoms with Gasteiger partial charge in [-0.3, -0.25) is 0 Å². The third-order valence-corrected chi connectivity index (χ3v) is 6.26. The fraction of sp³-hybridized carbons (Fsp3) is 0.231. The largest absolute Gasteiger partial charge is 0.485 e. The Kier molecular flexibility index (Phi) is 4.40. The van der Waals surface area contributed by atoms with Crippen LogP contribution < -0.4 is 10.1 Å². The molecule has 0 saturated heterocycles. The topological polar surface area (TPSA) is 21.3 Å². The van der Waals surface area contributed by atoms with E-state index in [4.69, 9.17) is 4.74 Å². The predicted molar refractivity (Wildman–Crippen MR) is 117 cm³/mol. The van der Waals surface area contributed by atoms with E-state index < -0.39 is 11.6 Å². The lowest BCUT2D eigenvalue weighted by Crippen LogP contribution is -2.40. The van der Waals surface area contributed by atoms with Crippen molar-refractivity contribution in [2.24, 2.45) is 0 Å². The Morgan fingerprint density at radius 3 is 2.58 bits per heavy atom. The van der Waals surface area contributed by atoms with E-state index in [1.807, 2.05) is 24.3 Å². The molecule has 0 aliphatic carbocycles. The maximum Gasteiger partial charge on any atom is 0.168 e. The van der Waals surface area contributed by atoms with Crippen molar-refractivity contribution in [2.45, 2.75) is 38.8 Å². The molecule has 0 bridgehead atoms. The van der Waals surface area contributed by atoms with Gasteiger partial charge in [0.15, 0.2) is 11.6 Å². The molecule has 2 aliphatic heterocycles. The van der Waals surface area contributed by atoms with E-state index in [-0.39, 0.29) is 29.6 Å². The third-order valence-electron chi connectivity index (χ3n) is 6.26. The van der Waals surface area contributed by atoms with Crippen LogP contribution in [0.5, 0.6) is 5.75 Å². The summed E-state index contributed by atoms with van der Waals surface area (Å²) < 4.78 is 47.7. The summed E-state index contributed by atoms with van der Waals surface area (Å²) in [6, 6.07) is 12.5. The summed E-state index contributed by atoms with van der Waals surface area (Å²) in [7, 11) is 0. The van der Waals surface area contributed by atoms with Crippen LogP contribution in [0.2, 0.25) is 0 Å². The standard InChI is InChI=1S/C26H22F3NO/c1-14-21(10-15-5-4-6-16(27)9-15)26(2,3)30-23-8-7-18-19-11-17(28)12-22(29)25(19)31-13-20(18)24(14)23/h4-12,14,30H,13H2,1-3H3. The van der Waals surface area contributed by atoms with Crippen molar-refractivity contribution in [1.29, 1.82) is 0 Å². The molecule has 0 amide bonds. The number of anilines is 1. The smallest absolute Gasteiger partial charge is 0.168 e. The molecule has 5 heteroatoms. The molecule has 3 aromatic rings. The van der Waals surface area contributed by atoms with Gasteiger partial charge in [0.2, 0.25) is 0 Å². The maximum absolute atomic E-state index is 14.3. The molecular formula is C26H22F3NO. The van der Waals surface area contributed by atoms with Gasteiger partial charge < -0.3 is 10.1 Å². The van der Waals surface area contributed by atoms with E-state index in [0.29, 0.717) is 5.56 Å². The van der Waals surface area contributed by atoms with Crippen molar-refractivity contribution >= 4 is 11.8 Å². The Morgan fingerprint density at radius 1 is 1.00 bits per heavy atom. The van der Waals surface area contributed by atoms with E-state index >= 15 is 0 Å². The van der Waals surface area contributed by atoms with Gasteiger partial charge >= 0.3 is 0 Å². The lowest BCUT2D eigenvalue weighted by atomic mass is 9.73. The zero-order valence-electron chi connectivity index (χ0n) is 17.5. The number of fused-ring (bicyclic) bond motifs is 5. The monoisotopic (exact) mass is 421 g/mol. The van der Waals surface area contributed by atoms with E-state index in [2.05, 4.69) is 26.1 Å². The summed E-state index contributed by atoms with van der Waals surface area (Å²) in [5.74, 6) is -1.54. The van der Waals surface area contributed by atoms with Gasteiger partial charge in [0.05, 0.1) is 5.54 Å². The summed E-state index contributed by atoms with van der Waals surface area (Å²) >= 11 is 0. The molecule has 0 radical (unpaired) electrons. The molecule has 0 aromatic heterocycles. The minimum Gasteiger partial charge on any atom is -0.485 e. The highest BCUT2D eigenvalue weighted by Gasteiger charge is 2.37. The lowest BCUT2D eigenvalue weighted by molar-refractivity contribution is 0.284. The highest BCUT2D eigenvalue weighted by atomic mass is 19.1. The summed E-state index contributed by atoms with van der Waals surface area (Å²) in [6.07, 6.45) is 2.01. The Bertz CT molecular complexity index is 1250. The van der Waals surface area contributed by atoms with E-state index in [0.717, 1.165) is 39.6 Å². The second kappa shape index (κ2) is 6.91. The van der Waals surface area contributed by atoms with Gasteiger partial charge in [-0.25, -0.2) is 13.2 Å². The summed E-state index contributed by atoms with van der Waals surface area (Å²) in [4.78, 5) is 0. The number of ether oxygens (including phenoxy) is 1. The molecule has 1 unspecified atom stereocenters. The number of halogens is 3. The molecule has 1 atom stereocenters. The molecule has 5 rings (SSSR count). The highest BCUT2D eigenvalue weighted by molar-refractivity contribution is 5.82. The Labute approximate surface area is 179 Å². The average molecular weight is 421 g/mol. The van der Waals surface area contributed by atoms with Crippen molar-refractivity contribution in [3.8, 4) is 16.9 Å². The Morgan fingerprint density at radius 2 is 1.81 bits per heavy atom. The van der Waals surface area contributed by atoms with E-state index in [1.165, 1.54) is 18.2 Å². The van der Waals surface area contributed by atoms with Crippen LogP contribution in [-0.2, 0) is 6.61 Å². The molecule has 2 aliphatic rings. The second-order valence-corrected chi connectivity index (χ2v) is 8.73. The Hall–Kier alpha value is -3.21. The van der Waals surface area contributed by atoms with Crippen LogP contribution >= 0.6 is 0 Å². The third kappa shape index (κ3) is 3.19. The molecule has 31 heavy (non-hydrogen) atoms. The normalized spacial score (nSPS) is 19.7. The average Bonchev–Trinajstić information content (AvgIpc) is 2.70. The van der Waals surface area contributed by atoms with Crippen LogP contribution in [0.15, 0.2) is 54.1 Å². The Balaban J connectivity index is 1.69. The SMILES string of the molecule is CC1C(=Cc2cccc(F)c2)C(C)(C)Nc2ccc3c(c21)COc1c(F)cc(F)cc1-3. The van der Waals surface area contributed by atoms with Crippen LogP contribution in [-0.4, -0.2) is 5.54 Å². The summed E-state index contributed by atoms with van der Waals surface area (Å²) in [5.41, 5.74) is 5.64. The maximum atomic E-state index is 14.3. The van der Waals surface area contributed by atoms with Gasteiger partial charge in [-0.15, -0.1) is 0 Å². The molecule has 158 valence electrons. The first-order valence-corrected chi connectivity index (χ1v) is 10.3. The van der Waals surface area contributed by atoms with Crippen molar-refractivity contribution in [3.63, 3.8) is 0 Å².